The van der Waals surface area contributed by atoms with Crippen molar-refractivity contribution in [3.05, 3.63) is 89.5 Å². The molecule has 0 radical (unpaired) electrons. The van der Waals surface area contributed by atoms with Gasteiger partial charge < -0.3 is 20.1 Å². The third-order valence-electron chi connectivity index (χ3n) is 7.11. The van der Waals surface area contributed by atoms with Crippen LogP contribution >= 0.6 is 0 Å². The minimum Gasteiger partial charge on any atom is -0.508 e. The van der Waals surface area contributed by atoms with Crippen LogP contribution in [-0.4, -0.2) is 60.3 Å². The minimum absolute atomic E-state index is 0.0507. The molecule has 2 heterocycles. The molecule has 184 valence electrons. The van der Waals surface area contributed by atoms with Gasteiger partial charge in [0.1, 0.15) is 11.5 Å². The SMILES string of the molecule is COc1ccc(NC(=O)N2CCCN3CC[C@H](c4ccc(C#Cc5cccc(O)c5)cc4)[C@@H]3C2)cc1. The van der Waals surface area contributed by atoms with Gasteiger partial charge in [-0.2, -0.15) is 0 Å². The van der Waals surface area contributed by atoms with Gasteiger partial charge in [0.05, 0.1) is 7.11 Å². The second-order valence-electron chi connectivity index (χ2n) is 9.38. The third kappa shape index (κ3) is 5.48. The highest BCUT2D eigenvalue weighted by atomic mass is 16.5. The van der Waals surface area contributed by atoms with Gasteiger partial charge in [0.2, 0.25) is 0 Å². The van der Waals surface area contributed by atoms with Gasteiger partial charge in [0.25, 0.3) is 0 Å². The molecule has 3 aromatic rings. The van der Waals surface area contributed by atoms with Crippen molar-refractivity contribution in [3.63, 3.8) is 0 Å². The standard InChI is InChI=1S/C30H31N3O3/c1-36-27-14-12-25(13-15-27)31-30(35)33-18-3-17-32-19-16-28(29(32)21-33)24-10-8-22(9-11-24)6-7-23-4-2-5-26(34)20-23/h2,4-5,8-15,20,28-29,34H,3,16-19,21H2,1H3,(H,31,35)/t28-,29+/m1/s1. The van der Waals surface area contributed by atoms with Gasteiger partial charge in [-0.3, -0.25) is 4.90 Å². The number of fused-ring (bicyclic) bond motifs is 1. The fourth-order valence-corrected chi connectivity index (χ4v) is 5.21. The predicted molar refractivity (Wildman–Crippen MR) is 141 cm³/mol. The summed E-state index contributed by atoms with van der Waals surface area (Å²) in [6, 6.07) is 23.2. The Labute approximate surface area is 212 Å². The van der Waals surface area contributed by atoms with Crippen molar-refractivity contribution in [1.29, 1.82) is 0 Å². The first-order valence-corrected chi connectivity index (χ1v) is 12.4. The van der Waals surface area contributed by atoms with Gasteiger partial charge >= 0.3 is 6.03 Å². The number of hydrogen-bond acceptors (Lipinski definition) is 4. The smallest absolute Gasteiger partial charge is 0.321 e. The molecule has 0 bridgehead atoms. The highest BCUT2D eigenvalue weighted by molar-refractivity contribution is 5.89. The largest absolute Gasteiger partial charge is 0.508 e. The molecule has 0 saturated carbocycles. The van der Waals surface area contributed by atoms with E-state index in [1.165, 1.54) is 5.56 Å². The lowest BCUT2D eigenvalue weighted by Crippen LogP contribution is -2.43. The summed E-state index contributed by atoms with van der Waals surface area (Å²) in [6.07, 6.45) is 2.07. The van der Waals surface area contributed by atoms with E-state index in [0.717, 1.165) is 55.0 Å². The number of anilines is 1. The number of phenols is 1. The van der Waals surface area contributed by atoms with Gasteiger partial charge in [-0.05, 0) is 79.5 Å². The second kappa shape index (κ2) is 10.8. The molecule has 0 aliphatic carbocycles. The summed E-state index contributed by atoms with van der Waals surface area (Å²) in [6.45, 7) is 3.54. The maximum Gasteiger partial charge on any atom is 0.321 e. The van der Waals surface area contributed by atoms with Crippen LogP contribution in [0, 0.1) is 11.8 Å². The van der Waals surface area contributed by atoms with Crippen molar-refractivity contribution in [2.24, 2.45) is 0 Å². The molecule has 3 aromatic carbocycles. The average Bonchev–Trinajstić information content (AvgIpc) is 3.17. The Morgan fingerprint density at radius 3 is 2.50 bits per heavy atom. The molecule has 0 unspecified atom stereocenters. The Morgan fingerprint density at radius 2 is 1.75 bits per heavy atom. The Kier molecular flexibility index (Phi) is 7.11. The Hall–Kier alpha value is -3.95. The van der Waals surface area contributed by atoms with Crippen LogP contribution in [0.4, 0.5) is 10.5 Å². The number of methoxy groups -OCH3 is 1. The molecular formula is C30H31N3O3. The van der Waals surface area contributed by atoms with Crippen LogP contribution in [0.15, 0.2) is 72.8 Å². The summed E-state index contributed by atoms with van der Waals surface area (Å²) < 4.78 is 5.21. The van der Waals surface area contributed by atoms with Crippen molar-refractivity contribution in [2.45, 2.75) is 24.8 Å². The lowest BCUT2D eigenvalue weighted by molar-refractivity contribution is 0.197. The summed E-state index contributed by atoms with van der Waals surface area (Å²) >= 11 is 0. The maximum absolute atomic E-state index is 13.1. The van der Waals surface area contributed by atoms with E-state index in [1.807, 2.05) is 35.2 Å². The molecule has 0 aromatic heterocycles. The summed E-state index contributed by atoms with van der Waals surface area (Å²) in [5.74, 6) is 7.67. The Balaban J connectivity index is 1.26. The molecule has 2 saturated heterocycles. The summed E-state index contributed by atoms with van der Waals surface area (Å²) in [7, 11) is 1.63. The number of hydrogen-bond donors (Lipinski definition) is 2. The van der Waals surface area contributed by atoms with Crippen LogP contribution in [0.5, 0.6) is 11.5 Å². The lowest BCUT2D eigenvalue weighted by atomic mass is 9.91. The van der Waals surface area contributed by atoms with Crippen molar-refractivity contribution in [3.8, 4) is 23.3 Å². The van der Waals surface area contributed by atoms with Crippen LogP contribution in [0.3, 0.4) is 0 Å². The van der Waals surface area contributed by atoms with E-state index in [9.17, 15) is 9.90 Å². The number of phenolic OH excluding ortho intramolecular Hbond substituents is 1. The topological polar surface area (TPSA) is 65.0 Å². The van der Waals surface area contributed by atoms with E-state index < -0.39 is 0 Å². The fraction of sp³-hybridized carbons (Fsp3) is 0.300. The fourth-order valence-electron chi connectivity index (χ4n) is 5.21. The zero-order valence-electron chi connectivity index (χ0n) is 20.5. The molecule has 2 fully saturated rings. The quantitative estimate of drug-likeness (QED) is 0.523. The number of benzene rings is 3. The molecule has 2 aliphatic rings. The normalized spacial score (nSPS) is 19.5. The van der Waals surface area contributed by atoms with Crippen molar-refractivity contribution in [2.75, 3.05) is 38.6 Å². The number of aromatic hydroxyl groups is 1. The van der Waals surface area contributed by atoms with Gasteiger partial charge in [0.15, 0.2) is 0 Å². The molecule has 5 rings (SSSR count). The number of carbonyl (C=O) groups excluding carboxylic acids is 1. The number of urea groups is 1. The molecule has 36 heavy (non-hydrogen) atoms. The van der Waals surface area contributed by atoms with Crippen molar-refractivity contribution in [1.82, 2.24) is 9.80 Å². The highest BCUT2D eigenvalue weighted by Gasteiger charge is 2.38. The second-order valence-corrected chi connectivity index (χ2v) is 9.38. The Bertz CT molecular complexity index is 1260. The minimum atomic E-state index is -0.0507. The lowest BCUT2D eigenvalue weighted by Gasteiger charge is -2.30. The summed E-state index contributed by atoms with van der Waals surface area (Å²) in [4.78, 5) is 17.6. The van der Waals surface area contributed by atoms with Crippen LogP contribution in [0.2, 0.25) is 0 Å². The van der Waals surface area contributed by atoms with E-state index in [-0.39, 0.29) is 11.8 Å². The van der Waals surface area contributed by atoms with Crippen LogP contribution in [-0.2, 0) is 0 Å². The van der Waals surface area contributed by atoms with Crippen LogP contribution < -0.4 is 10.1 Å². The molecule has 2 N–H and O–H groups in total. The van der Waals surface area contributed by atoms with Crippen molar-refractivity contribution >= 4 is 11.7 Å². The summed E-state index contributed by atoms with van der Waals surface area (Å²) in [5, 5.41) is 12.7. The molecular weight excluding hydrogens is 450 g/mol. The van der Waals surface area contributed by atoms with Crippen LogP contribution in [0.1, 0.15) is 35.4 Å². The first kappa shape index (κ1) is 23.8. The van der Waals surface area contributed by atoms with E-state index >= 15 is 0 Å². The number of amides is 2. The van der Waals surface area contributed by atoms with Gasteiger partial charge in [0, 0.05) is 48.4 Å². The number of rotatable bonds is 3. The zero-order valence-corrected chi connectivity index (χ0v) is 20.5. The number of carbonyl (C=O) groups is 1. The molecule has 2 amide bonds. The maximum atomic E-state index is 13.1. The van der Waals surface area contributed by atoms with Crippen molar-refractivity contribution < 1.29 is 14.6 Å². The average molecular weight is 482 g/mol. The van der Waals surface area contributed by atoms with E-state index in [2.05, 4.69) is 46.3 Å². The molecule has 2 atom stereocenters. The highest BCUT2D eigenvalue weighted by Crippen LogP contribution is 2.35. The number of nitrogens with one attached hydrogen (secondary N) is 1. The molecule has 2 aliphatic heterocycles. The summed E-state index contributed by atoms with van der Waals surface area (Å²) in [5.41, 5.74) is 3.80. The number of ether oxygens (including phenoxy) is 1. The van der Waals surface area contributed by atoms with Gasteiger partial charge in [-0.15, -0.1) is 0 Å². The predicted octanol–water partition coefficient (Wildman–Crippen LogP) is 4.90. The first-order chi connectivity index (χ1) is 17.6. The zero-order chi connectivity index (χ0) is 24.9. The van der Waals surface area contributed by atoms with E-state index in [1.54, 1.807) is 25.3 Å². The molecule has 6 heteroatoms. The van der Waals surface area contributed by atoms with E-state index in [4.69, 9.17) is 4.74 Å². The first-order valence-electron chi connectivity index (χ1n) is 12.4. The van der Waals surface area contributed by atoms with E-state index in [0.29, 0.717) is 18.5 Å². The number of nitrogens with zero attached hydrogens (tertiary/aromatic N) is 2. The molecule has 0 spiro atoms. The Morgan fingerprint density at radius 1 is 0.972 bits per heavy atom. The van der Waals surface area contributed by atoms with Crippen LogP contribution in [0.25, 0.3) is 0 Å². The monoisotopic (exact) mass is 481 g/mol. The molecule has 6 nitrogen and oxygen atoms in total. The van der Waals surface area contributed by atoms with Gasteiger partial charge in [-0.25, -0.2) is 4.79 Å². The third-order valence-corrected chi connectivity index (χ3v) is 7.11. The van der Waals surface area contributed by atoms with Gasteiger partial charge in [-0.1, -0.05) is 30.0 Å².